The highest BCUT2D eigenvalue weighted by Gasteiger charge is 2.52. The van der Waals surface area contributed by atoms with E-state index in [1.165, 1.54) is 17.0 Å². The van der Waals surface area contributed by atoms with Crippen molar-refractivity contribution in [1.29, 1.82) is 0 Å². The van der Waals surface area contributed by atoms with Crippen molar-refractivity contribution in [3.63, 3.8) is 0 Å². The number of rotatable bonds is 5. The number of aryl methyl sites for hydroxylation is 2. The number of carbonyl (C=O) groups is 2. The number of halogens is 1. The molecular weight excluding hydrogens is 331 g/mol. The fourth-order valence-corrected chi connectivity index (χ4v) is 3.36. The fourth-order valence-electron chi connectivity index (χ4n) is 3.36. The Morgan fingerprint density at radius 2 is 1.65 bits per heavy atom. The number of hydrogen-bond acceptors (Lipinski definition) is 2. The molecule has 3 rings (SSSR count). The predicted octanol–water partition coefficient (Wildman–Crippen LogP) is 3.57. The molecule has 0 unspecified atom stereocenters. The number of para-hydroxylation sites is 1. The summed E-state index contributed by atoms with van der Waals surface area (Å²) in [6.07, 6.45) is 1.45. The summed E-state index contributed by atoms with van der Waals surface area (Å²) in [6, 6.07) is 11.9. The monoisotopic (exact) mass is 354 g/mol. The molecule has 1 N–H and O–H groups in total. The summed E-state index contributed by atoms with van der Waals surface area (Å²) < 4.78 is 13.2. The average molecular weight is 354 g/mol. The number of anilines is 1. The van der Waals surface area contributed by atoms with Crippen LogP contribution in [0.3, 0.4) is 0 Å². The third kappa shape index (κ3) is 3.47. The van der Waals surface area contributed by atoms with Crippen LogP contribution in [0.25, 0.3) is 0 Å². The quantitative estimate of drug-likeness (QED) is 0.892. The molecule has 0 spiro atoms. The summed E-state index contributed by atoms with van der Waals surface area (Å²) in [6.45, 7) is 3.85. The molecule has 0 aliphatic heterocycles. The lowest BCUT2D eigenvalue weighted by atomic mass is 9.94. The van der Waals surface area contributed by atoms with Crippen LogP contribution >= 0.6 is 0 Å². The van der Waals surface area contributed by atoms with Crippen LogP contribution in [0.5, 0.6) is 0 Å². The van der Waals surface area contributed by atoms with Gasteiger partial charge >= 0.3 is 0 Å². The number of amides is 2. The highest BCUT2D eigenvalue weighted by Crippen LogP contribution is 2.49. The minimum absolute atomic E-state index is 0.0183. The average Bonchev–Trinajstić information content (AvgIpc) is 3.40. The molecule has 0 atom stereocenters. The molecule has 0 bridgehead atoms. The van der Waals surface area contributed by atoms with Crippen LogP contribution in [-0.4, -0.2) is 30.3 Å². The first-order valence-electron chi connectivity index (χ1n) is 8.71. The van der Waals surface area contributed by atoms with E-state index in [-0.39, 0.29) is 24.2 Å². The van der Waals surface area contributed by atoms with Crippen LogP contribution in [0.1, 0.15) is 29.5 Å². The molecule has 2 aromatic carbocycles. The molecule has 1 aliphatic carbocycles. The van der Waals surface area contributed by atoms with Gasteiger partial charge in [0.15, 0.2) is 0 Å². The molecule has 1 fully saturated rings. The number of hydrogen-bond donors (Lipinski definition) is 1. The first-order valence-corrected chi connectivity index (χ1v) is 8.71. The lowest BCUT2D eigenvalue weighted by molar-refractivity contribution is -0.135. The van der Waals surface area contributed by atoms with Gasteiger partial charge in [-0.05, 0) is 55.5 Å². The van der Waals surface area contributed by atoms with Gasteiger partial charge in [-0.25, -0.2) is 4.39 Å². The van der Waals surface area contributed by atoms with Gasteiger partial charge < -0.3 is 10.2 Å². The van der Waals surface area contributed by atoms with E-state index in [2.05, 4.69) is 5.32 Å². The van der Waals surface area contributed by atoms with Gasteiger partial charge in [0.1, 0.15) is 5.82 Å². The molecule has 1 aliphatic rings. The maximum atomic E-state index is 13.2. The molecule has 2 amide bonds. The van der Waals surface area contributed by atoms with Gasteiger partial charge in [0, 0.05) is 12.7 Å². The van der Waals surface area contributed by atoms with Crippen molar-refractivity contribution < 1.29 is 14.0 Å². The Bertz CT molecular complexity index is 821. The summed E-state index contributed by atoms with van der Waals surface area (Å²) in [4.78, 5) is 26.7. The Kier molecular flexibility index (Phi) is 4.81. The smallest absolute Gasteiger partial charge is 0.243 e. The second-order valence-electron chi connectivity index (χ2n) is 7.07. The Morgan fingerprint density at radius 1 is 1.08 bits per heavy atom. The fraction of sp³-hybridized carbons (Fsp3) is 0.333. The Morgan fingerprint density at radius 3 is 2.19 bits per heavy atom. The van der Waals surface area contributed by atoms with Crippen molar-refractivity contribution in [2.24, 2.45) is 0 Å². The maximum absolute atomic E-state index is 13.2. The summed E-state index contributed by atoms with van der Waals surface area (Å²) in [5, 5.41) is 2.90. The van der Waals surface area contributed by atoms with E-state index in [0.717, 1.165) is 35.2 Å². The van der Waals surface area contributed by atoms with E-state index in [1.54, 1.807) is 19.2 Å². The van der Waals surface area contributed by atoms with Crippen molar-refractivity contribution in [2.45, 2.75) is 32.1 Å². The highest BCUT2D eigenvalue weighted by atomic mass is 19.1. The van der Waals surface area contributed by atoms with E-state index in [1.807, 2.05) is 32.0 Å². The Hall–Kier alpha value is -2.69. The zero-order chi connectivity index (χ0) is 18.9. The topological polar surface area (TPSA) is 49.4 Å². The molecule has 5 heteroatoms. The van der Waals surface area contributed by atoms with Gasteiger partial charge in [-0.3, -0.25) is 9.59 Å². The highest BCUT2D eigenvalue weighted by molar-refractivity contribution is 5.98. The summed E-state index contributed by atoms with van der Waals surface area (Å²) in [7, 11) is 1.64. The lowest BCUT2D eigenvalue weighted by Gasteiger charge is -2.24. The van der Waals surface area contributed by atoms with Crippen LogP contribution in [0.4, 0.5) is 10.1 Å². The van der Waals surface area contributed by atoms with Gasteiger partial charge in [-0.1, -0.05) is 30.3 Å². The Labute approximate surface area is 153 Å². The van der Waals surface area contributed by atoms with Crippen molar-refractivity contribution in [3.8, 4) is 0 Å². The van der Waals surface area contributed by atoms with Crippen molar-refractivity contribution >= 4 is 17.5 Å². The van der Waals surface area contributed by atoms with Gasteiger partial charge in [0.2, 0.25) is 11.8 Å². The second kappa shape index (κ2) is 6.90. The minimum atomic E-state index is -0.610. The second-order valence-corrected chi connectivity index (χ2v) is 7.07. The van der Waals surface area contributed by atoms with Gasteiger partial charge in [-0.15, -0.1) is 0 Å². The van der Waals surface area contributed by atoms with Crippen LogP contribution in [-0.2, 0) is 15.0 Å². The molecular formula is C21H23FN2O2. The largest absolute Gasteiger partial charge is 0.336 e. The number of nitrogens with zero attached hydrogens (tertiary/aromatic N) is 1. The van der Waals surface area contributed by atoms with E-state index in [9.17, 15) is 14.0 Å². The zero-order valence-electron chi connectivity index (χ0n) is 15.3. The number of carbonyl (C=O) groups excluding carboxylic acids is 2. The van der Waals surface area contributed by atoms with Crippen LogP contribution < -0.4 is 5.32 Å². The zero-order valence-corrected chi connectivity index (χ0v) is 15.3. The van der Waals surface area contributed by atoms with Crippen LogP contribution in [0.2, 0.25) is 0 Å². The third-order valence-electron chi connectivity index (χ3n) is 5.03. The molecule has 1 saturated carbocycles. The molecule has 26 heavy (non-hydrogen) atoms. The summed E-state index contributed by atoms with van der Waals surface area (Å²) >= 11 is 0. The first-order chi connectivity index (χ1) is 12.3. The third-order valence-corrected chi connectivity index (χ3v) is 5.03. The van der Waals surface area contributed by atoms with Crippen LogP contribution in [0.15, 0.2) is 42.5 Å². The van der Waals surface area contributed by atoms with Crippen molar-refractivity contribution in [3.05, 3.63) is 65.0 Å². The van der Waals surface area contributed by atoms with Crippen LogP contribution in [0, 0.1) is 19.7 Å². The molecule has 2 aromatic rings. The normalized spacial score (nSPS) is 14.6. The van der Waals surface area contributed by atoms with Crippen molar-refractivity contribution in [2.75, 3.05) is 18.9 Å². The Balaban J connectivity index is 1.68. The summed E-state index contributed by atoms with van der Waals surface area (Å²) in [5.74, 6) is -0.646. The molecule has 0 heterocycles. The molecule has 0 saturated heterocycles. The van der Waals surface area contributed by atoms with Crippen molar-refractivity contribution in [1.82, 2.24) is 4.90 Å². The van der Waals surface area contributed by atoms with Gasteiger partial charge in [0.05, 0.1) is 12.0 Å². The first kappa shape index (κ1) is 18.1. The van der Waals surface area contributed by atoms with E-state index < -0.39 is 5.41 Å². The molecule has 0 aromatic heterocycles. The standard InChI is InChI=1S/C21H23FN2O2/c1-14-5-4-6-15(2)19(14)23-18(25)13-24(3)20(26)21(11-12-21)16-7-9-17(22)10-8-16/h4-10H,11-13H2,1-3H3,(H,23,25). The molecule has 136 valence electrons. The molecule has 4 nitrogen and oxygen atoms in total. The minimum Gasteiger partial charge on any atom is -0.336 e. The maximum Gasteiger partial charge on any atom is 0.243 e. The number of nitrogens with one attached hydrogen (secondary N) is 1. The van der Waals surface area contributed by atoms with Gasteiger partial charge in [-0.2, -0.15) is 0 Å². The summed E-state index contributed by atoms with van der Waals surface area (Å²) in [5.41, 5.74) is 2.96. The van der Waals surface area contributed by atoms with E-state index in [0.29, 0.717) is 0 Å². The van der Waals surface area contributed by atoms with Gasteiger partial charge in [0.25, 0.3) is 0 Å². The predicted molar refractivity (Wildman–Crippen MR) is 99.5 cm³/mol. The van der Waals surface area contributed by atoms with E-state index >= 15 is 0 Å². The SMILES string of the molecule is Cc1cccc(C)c1NC(=O)CN(C)C(=O)C1(c2ccc(F)cc2)CC1. The number of likely N-dealkylation sites (N-methyl/N-ethyl adjacent to an activating group) is 1. The van der Waals surface area contributed by atoms with E-state index in [4.69, 9.17) is 0 Å². The number of benzene rings is 2. The molecule has 0 radical (unpaired) electrons. The lowest BCUT2D eigenvalue weighted by Crippen LogP contribution is -2.41.